The third-order valence-corrected chi connectivity index (χ3v) is 1.74. The van der Waals surface area contributed by atoms with Crippen molar-refractivity contribution < 1.29 is 0 Å². The van der Waals surface area contributed by atoms with Gasteiger partial charge in [-0.3, -0.25) is 0 Å². The van der Waals surface area contributed by atoms with Crippen molar-refractivity contribution in [2.24, 2.45) is 5.73 Å². The van der Waals surface area contributed by atoms with E-state index in [2.05, 4.69) is 57.3 Å². The minimum Gasteiger partial charge on any atom is -0.405 e. The number of aryl methyl sites for hydroxylation is 1. The quantitative estimate of drug-likeness (QED) is 0.700. The van der Waals surface area contributed by atoms with Gasteiger partial charge in [0.05, 0.1) is 0 Å². The van der Waals surface area contributed by atoms with E-state index in [-0.39, 0.29) is 0 Å². The summed E-state index contributed by atoms with van der Waals surface area (Å²) in [7, 11) is 0. The van der Waals surface area contributed by atoms with E-state index in [0.29, 0.717) is 5.92 Å². The van der Waals surface area contributed by atoms with Gasteiger partial charge >= 0.3 is 0 Å². The first-order chi connectivity index (χ1) is 6.11. The maximum Gasteiger partial charge on any atom is -0.0136 e. The van der Waals surface area contributed by atoms with Gasteiger partial charge in [-0.15, -0.1) is 0 Å². The smallest absolute Gasteiger partial charge is 0.0136 e. The van der Waals surface area contributed by atoms with Crippen molar-refractivity contribution in [2.45, 2.75) is 26.7 Å². The molecule has 0 bridgehead atoms. The SMILES string of the molecule is C=CN.Cc1ccc(C(C)C)cc1. The zero-order valence-electron chi connectivity index (χ0n) is 8.75. The molecule has 0 unspecified atom stereocenters. The van der Waals surface area contributed by atoms with Gasteiger partial charge in [-0.25, -0.2) is 0 Å². The number of nitrogens with two attached hydrogens (primary N) is 1. The summed E-state index contributed by atoms with van der Waals surface area (Å²) < 4.78 is 0. The van der Waals surface area contributed by atoms with E-state index < -0.39 is 0 Å². The molecule has 0 amide bonds. The molecule has 0 aliphatic carbocycles. The molecule has 0 spiro atoms. The maximum atomic E-state index is 4.61. The lowest BCUT2D eigenvalue weighted by Gasteiger charge is -2.03. The van der Waals surface area contributed by atoms with Crippen LogP contribution in [0.5, 0.6) is 0 Å². The summed E-state index contributed by atoms with van der Waals surface area (Å²) in [6.45, 7) is 9.68. The molecule has 2 N–H and O–H groups in total. The van der Waals surface area contributed by atoms with Crippen molar-refractivity contribution in [2.75, 3.05) is 0 Å². The highest BCUT2D eigenvalue weighted by molar-refractivity contribution is 5.23. The summed E-state index contributed by atoms with van der Waals surface area (Å²) in [6, 6.07) is 8.71. The molecule has 0 fully saturated rings. The fourth-order valence-corrected chi connectivity index (χ4v) is 0.951. The Hall–Kier alpha value is -1.24. The summed E-state index contributed by atoms with van der Waals surface area (Å²) >= 11 is 0. The molecular weight excluding hydrogens is 158 g/mol. The van der Waals surface area contributed by atoms with Gasteiger partial charge in [0.25, 0.3) is 0 Å². The average molecular weight is 177 g/mol. The molecule has 0 saturated heterocycles. The Morgan fingerprint density at radius 3 is 1.92 bits per heavy atom. The Bertz CT molecular complexity index is 234. The van der Waals surface area contributed by atoms with Crippen molar-refractivity contribution in [1.29, 1.82) is 0 Å². The zero-order valence-corrected chi connectivity index (χ0v) is 8.75. The predicted molar refractivity (Wildman–Crippen MR) is 59.7 cm³/mol. The molecule has 1 heteroatoms. The molecule has 1 aromatic carbocycles. The number of benzene rings is 1. The zero-order chi connectivity index (χ0) is 10.3. The number of hydrogen-bond donors (Lipinski definition) is 1. The molecule has 0 aromatic heterocycles. The van der Waals surface area contributed by atoms with Crippen molar-refractivity contribution in [1.82, 2.24) is 0 Å². The van der Waals surface area contributed by atoms with Crippen molar-refractivity contribution >= 4 is 0 Å². The molecule has 0 atom stereocenters. The van der Waals surface area contributed by atoms with Crippen molar-refractivity contribution in [3.63, 3.8) is 0 Å². The Balaban J connectivity index is 0.000000424. The summed E-state index contributed by atoms with van der Waals surface area (Å²) in [5, 5.41) is 0. The lowest BCUT2D eigenvalue weighted by atomic mass is 10.0. The largest absolute Gasteiger partial charge is 0.405 e. The first kappa shape index (κ1) is 11.8. The highest BCUT2D eigenvalue weighted by atomic mass is 14.5. The molecule has 0 aliphatic rings. The lowest BCUT2D eigenvalue weighted by Crippen LogP contribution is -1.85. The number of hydrogen-bond acceptors (Lipinski definition) is 1. The van der Waals surface area contributed by atoms with Crippen LogP contribution in [0.1, 0.15) is 30.9 Å². The Morgan fingerprint density at radius 2 is 1.62 bits per heavy atom. The van der Waals surface area contributed by atoms with Gasteiger partial charge in [0.2, 0.25) is 0 Å². The maximum absolute atomic E-state index is 4.61. The highest BCUT2D eigenvalue weighted by Gasteiger charge is 1.95. The molecule has 0 saturated carbocycles. The minimum atomic E-state index is 0.653. The van der Waals surface area contributed by atoms with Crippen LogP contribution >= 0.6 is 0 Å². The van der Waals surface area contributed by atoms with Crippen molar-refractivity contribution in [3.8, 4) is 0 Å². The minimum absolute atomic E-state index is 0.653. The lowest BCUT2D eigenvalue weighted by molar-refractivity contribution is 0.866. The van der Waals surface area contributed by atoms with Gasteiger partial charge in [0, 0.05) is 0 Å². The summed E-state index contributed by atoms with van der Waals surface area (Å²) in [5.74, 6) is 0.653. The summed E-state index contributed by atoms with van der Waals surface area (Å²) in [5.41, 5.74) is 7.37. The van der Waals surface area contributed by atoms with E-state index in [9.17, 15) is 0 Å². The first-order valence-electron chi connectivity index (χ1n) is 4.51. The van der Waals surface area contributed by atoms with Gasteiger partial charge < -0.3 is 5.73 Å². The topological polar surface area (TPSA) is 26.0 Å². The van der Waals surface area contributed by atoms with E-state index >= 15 is 0 Å². The molecule has 0 aliphatic heterocycles. The summed E-state index contributed by atoms with van der Waals surface area (Å²) in [4.78, 5) is 0. The monoisotopic (exact) mass is 177 g/mol. The molecule has 1 rings (SSSR count). The van der Waals surface area contributed by atoms with Gasteiger partial charge in [-0.1, -0.05) is 50.3 Å². The molecule has 72 valence electrons. The Kier molecular flexibility index (Phi) is 5.69. The van der Waals surface area contributed by atoms with Crippen LogP contribution in [0.4, 0.5) is 0 Å². The van der Waals surface area contributed by atoms with Crippen LogP contribution in [-0.4, -0.2) is 0 Å². The van der Waals surface area contributed by atoms with Gasteiger partial charge in [0.1, 0.15) is 0 Å². The normalized spacial score (nSPS) is 8.92. The van der Waals surface area contributed by atoms with Gasteiger partial charge in [-0.05, 0) is 24.6 Å². The van der Waals surface area contributed by atoms with E-state index in [1.54, 1.807) is 0 Å². The molecule has 0 radical (unpaired) electrons. The fourth-order valence-electron chi connectivity index (χ4n) is 0.951. The third kappa shape index (κ3) is 5.07. The summed E-state index contributed by atoms with van der Waals surface area (Å²) in [6.07, 6.45) is 1.25. The van der Waals surface area contributed by atoms with Crippen molar-refractivity contribution in [3.05, 3.63) is 48.2 Å². The number of rotatable bonds is 1. The third-order valence-electron chi connectivity index (χ3n) is 1.74. The molecule has 13 heavy (non-hydrogen) atoms. The first-order valence-corrected chi connectivity index (χ1v) is 4.51. The average Bonchev–Trinajstić information content (AvgIpc) is 2.06. The van der Waals surface area contributed by atoms with Crippen LogP contribution in [0, 0.1) is 6.92 Å². The fraction of sp³-hybridized carbons (Fsp3) is 0.333. The van der Waals surface area contributed by atoms with Crippen LogP contribution in [0.2, 0.25) is 0 Å². The standard InChI is InChI=1S/C10H14.C2H5N/c1-8(2)10-6-4-9(3)5-7-10;1-2-3/h4-8H,1-3H3;2H,1,3H2. The molecule has 1 nitrogen and oxygen atoms in total. The Morgan fingerprint density at radius 1 is 1.23 bits per heavy atom. The Labute approximate surface area is 81.3 Å². The highest BCUT2D eigenvalue weighted by Crippen LogP contribution is 2.13. The predicted octanol–water partition coefficient (Wildman–Crippen LogP) is 3.21. The van der Waals surface area contributed by atoms with Gasteiger partial charge in [0.15, 0.2) is 0 Å². The second-order valence-electron chi connectivity index (χ2n) is 3.30. The van der Waals surface area contributed by atoms with E-state index in [1.807, 2.05) is 0 Å². The second-order valence-corrected chi connectivity index (χ2v) is 3.30. The molecular formula is C12H19N. The van der Waals surface area contributed by atoms with Crippen LogP contribution in [0.15, 0.2) is 37.0 Å². The molecule has 1 aromatic rings. The van der Waals surface area contributed by atoms with Crippen LogP contribution in [0.25, 0.3) is 0 Å². The molecule has 0 heterocycles. The van der Waals surface area contributed by atoms with Crippen LogP contribution in [0.3, 0.4) is 0 Å². The second kappa shape index (κ2) is 6.30. The van der Waals surface area contributed by atoms with E-state index in [4.69, 9.17) is 0 Å². The van der Waals surface area contributed by atoms with Crippen LogP contribution in [-0.2, 0) is 0 Å². The van der Waals surface area contributed by atoms with Gasteiger partial charge in [-0.2, -0.15) is 0 Å². The van der Waals surface area contributed by atoms with E-state index in [1.165, 1.54) is 17.3 Å². The van der Waals surface area contributed by atoms with Crippen LogP contribution < -0.4 is 5.73 Å². The van der Waals surface area contributed by atoms with E-state index in [0.717, 1.165) is 0 Å².